The minimum absolute atomic E-state index is 0.0167. The monoisotopic (exact) mass is 466 g/mol. The topological polar surface area (TPSA) is 105 Å². The Balaban J connectivity index is 1.18. The summed E-state index contributed by atoms with van der Waals surface area (Å²) in [4.78, 5) is 37.4. The molecule has 1 heterocycles. The van der Waals surface area contributed by atoms with E-state index in [2.05, 4.69) is 29.6 Å². The van der Waals surface area contributed by atoms with Gasteiger partial charge >= 0.3 is 12.1 Å². The molecule has 0 aromatic heterocycles. The van der Waals surface area contributed by atoms with Gasteiger partial charge in [0.25, 0.3) is 0 Å². The second-order valence-corrected chi connectivity index (χ2v) is 8.62. The zero-order chi connectivity index (χ0) is 23.9. The van der Waals surface area contributed by atoms with Crippen molar-refractivity contribution in [3.05, 3.63) is 59.7 Å². The molecular weight excluding hydrogens is 436 g/mol. The number of hydrogen-bond acceptors (Lipinski definition) is 5. The molecule has 1 atom stereocenters. The Bertz CT molecular complexity index is 994. The molecule has 8 heteroatoms. The number of fused-ring (bicyclic) bond motifs is 3. The van der Waals surface area contributed by atoms with Gasteiger partial charge < -0.3 is 24.8 Å². The molecule has 2 aromatic rings. The maximum absolute atomic E-state index is 12.5. The average molecular weight is 467 g/mol. The average Bonchev–Trinajstić information content (AvgIpc) is 3.16. The number of unbranched alkanes of at least 4 members (excludes halogenated alkanes) is 1. The highest BCUT2D eigenvalue weighted by Gasteiger charge is 2.30. The number of ether oxygens (including phenoxy) is 2. The summed E-state index contributed by atoms with van der Waals surface area (Å²) < 4.78 is 10.8. The second-order valence-electron chi connectivity index (χ2n) is 8.62. The molecule has 2 amide bonds. The van der Waals surface area contributed by atoms with Gasteiger partial charge in [-0.2, -0.15) is 0 Å². The minimum Gasteiger partial charge on any atom is -0.481 e. The molecule has 2 aromatic carbocycles. The summed E-state index contributed by atoms with van der Waals surface area (Å²) in [5.74, 6) is -1.00. The van der Waals surface area contributed by atoms with Gasteiger partial charge in [0, 0.05) is 25.4 Å². The van der Waals surface area contributed by atoms with Crippen molar-refractivity contribution in [1.29, 1.82) is 0 Å². The van der Waals surface area contributed by atoms with Crippen LogP contribution in [0.3, 0.4) is 0 Å². The maximum atomic E-state index is 12.5. The Hall–Kier alpha value is -3.39. The standard InChI is InChI=1S/C26H30N2O6/c29-24(28-13-14-33-16-18(28)15-25(30)31)11-5-6-12-27-26(32)34-17-23-21-9-3-1-7-19(21)20-8-2-4-10-22(20)23/h1-4,7-10,18,23H,5-6,11-17H2,(H,27,32)(H,30,31). The Morgan fingerprint density at radius 3 is 2.38 bits per heavy atom. The molecule has 2 aliphatic rings. The van der Waals surface area contributed by atoms with Crippen molar-refractivity contribution >= 4 is 18.0 Å². The lowest BCUT2D eigenvalue weighted by Gasteiger charge is -2.35. The van der Waals surface area contributed by atoms with Crippen molar-refractivity contribution in [2.24, 2.45) is 0 Å². The number of amides is 2. The Morgan fingerprint density at radius 2 is 1.71 bits per heavy atom. The molecule has 180 valence electrons. The third-order valence-corrected chi connectivity index (χ3v) is 6.39. The van der Waals surface area contributed by atoms with E-state index in [9.17, 15) is 14.4 Å². The van der Waals surface area contributed by atoms with E-state index in [0.29, 0.717) is 39.0 Å². The predicted octanol–water partition coefficient (Wildman–Crippen LogP) is 3.40. The highest BCUT2D eigenvalue weighted by atomic mass is 16.5. The lowest BCUT2D eigenvalue weighted by molar-refractivity contribution is -0.146. The molecule has 1 unspecified atom stereocenters. The lowest BCUT2D eigenvalue weighted by Crippen LogP contribution is -2.49. The first-order valence-corrected chi connectivity index (χ1v) is 11.7. The van der Waals surface area contributed by atoms with E-state index in [-0.39, 0.29) is 31.5 Å². The van der Waals surface area contributed by atoms with Crippen LogP contribution >= 0.6 is 0 Å². The molecule has 0 saturated carbocycles. The number of benzene rings is 2. The van der Waals surface area contributed by atoms with Crippen LogP contribution in [0.1, 0.15) is 42.7 Å². The number of nitrogens with one attached hydrogen (secondary N) is 1. The van der Waals surface area contributed by atoms with Gasteiger partial charge in [0.15, 0.2) is 0 Å². The van der Waals surface area contributed by atoms with Crippen molar-refractivity contribution < 1.29 is 29.0 Å². The number of aliphatic carboxylic acids is 1. The van der Waals surface area contributed by atoms with Crippen molar-refractivity contribution in [1.82, 2.24) is 10.2 Å². The van der Waals surface area contributed by atoms with Gasteiger partial charge in [-0.05, 0) is 35.1 Å². The van der Waals surface area contributed by atoms with E-state index in [4.69, 9.17) is 14.6 Å². The van der Waals surface area contributed by atoms with Gasteiger partial charge in [-0.25, -0.2) is 4.79 Å². The fourth-order valence-corrected chi connectivity index (χ4v) is 4.74. The molecule has 2 N–H and O–H groups in total. The summed E-state index contributed by atoms with van der Waals surface area (Å²) >= 11 is 0. The van der Waals surface area contributed by atoms with Crippen LogP contribution in [-0.2, 0) is 19.1 Å². The van der Waals surface area contributed by atoms with Crippen LogP contribution in [0.5, 0.6) is 0 Å². The summed E-state index contributed by atoms with van der Waals surface area (Å²) in [5, 5.41) is 11.8. The van der Waals surface area contributed by atoms with Gasteiger partial charge in [-0.3, -0.25) is 9.59 Å². The molecule has 0 bridgehead atoms. The first-order valence-electron chi connectivity index (χ1n) is 11.7. The SMILES string of the molecule is O=C(O)CC1COCCN1C(=O)CCCCNC(=O)OCC1c2ccccc2-c2ccccc21. The van der Waals surface area contributed by atoms with E-state index in [1.807, 2.05) is 24.3 Å². The summed E-state index contributed by atoms with van der Waals surface area (Å²) in [7, 11) is 0. The van der Waals surface area contributed by atoms with E-state index in [1.54, 1.807) is 4.90 Å². The molecule has 0 spiro atoms. The van der Waals surface area contributed by atoms with Gasteiger partial charge in [0.2, 0.25) is 5.91 Å². The van der Waals surface area contributed by atoms with Crippen LogP contribution in [-0.4, -0.2) is 66.9 Å². The highest BCUT2D eigenvalue weighted by molar-refractivity contribution is 5.79. The lowest BCUT2D eigenvalue weighted by atomic mass is 9.98. The van der Waals surface area contributed by atoms with Gasteiger partial charge in [0.1, 0.15) is 6.61 Å². The number of hydrogen-bond donors (Lipinski definition) is 2. The van der Waals surface area contributed by atoms with Crippen molar-refractivity contribution in [2.45, 2.75) is 37.6 Å². The zero-order valence-corrected chi connectivity index (χ0v) is 19.1. The summed E-state index contributed by atoms with van der Waals surface area (Å²) in [6, 6.07) is 16.0. The van der Waals surface area contributed by atoms with Crippen molar-refractivity contribution in [3.63, 3.8) is 0 Å². The molecular formula is C26H30N2O6. The maximum Gasteiger partial charge on any atom is 0.407 e. The van der Waals surface area contributed by atoms with E-state index < -0.39 is 18.1 Å². The Labute approximate surface area is 198 Å². The van der Waals surface area contributed by atoms with Crippen LogP contribution in [0.2, 0.25) is 0 Å². The number of carboxylic acids is 1. The molecule has 34 heavy (non-hydrogen) atoms. The summed E-state index contributed by atoms with van der Waals surface area (Å²) in [6.45, 7) is 1.76. The van der Waals surface area contributed by atoms with E-state index in [0.717, 1.165) is 0 Å². The minimum atomic E-state index is -0.944. The van der Waals surface area contributed by atoms with Crippen molar-refractivity contribution in [2.75, 3.05) is 32.9 Å². The van der Waals surface area contributed by atoms with Crippen LogP contribution in [0.4, 0.5) is 4.79 Å². The van der Waals surface area contributed by atoms with E-state index in [1.165, 1.54) is 22.3 Å². The number of alkyl carbamates (subject to hydrolysis) is 1. The second kappa shape index (κ2) is 11.2. The molecule has 4 rings (SSSR count). The summed E-state index contributed by atoms with van der Waals surface area (Å²) in [5.41, 5.74) is 4.70. The van der Waals surface area contributed by atoms with E-state index >= 15 is 0 Å². The molecule has 1 saturated heterocycles. The quantitative estimate of drug-likeness (QED) is 0.549. The molecule has 1 fully saturated rings. The Kier molecular flexibility index (Phi) is 7.80. The molecule has 8 nitrogen and oxygen atoms in total. The number of nitrogens with zero attached hydrogens (tertiary/aromatic N) is 1. The number of morpholine rings is 1. The van der Waals surface area contributed by atoms with Gasteiger partial charge in [-0.15, -0.1) is 0 Å². The fraction of sp³-hybridized carbons (Fsp3) is 0.423. The van der Waals surface area contributed by atoms with Crippen molar-refractivity contribution in [3.8, 4) is 11.1 Å². The smallest absolute Gasteiger partial charge is 0.407 e. The molecule has 0 radical (unpaired) electrons. The van der Waals surface area contributed by atoms with Gasteiger partial charge in [0.05, 0.1) is 25.7 Å². The third kappa shape index (κ3) is 5.56. The first kappa shape index (κ1) is 23.8. The largest absolute Gasteiger partial charge is 0.481 e. The number of carbonyl (C=O) groups excluding carboxylic acids is 2. The number of carbonyl (C=O) groups is 3. The summed E-state index contributed by atoms with van der Waals surface area (Å²) in [6.07, 6.45) is 0.948. The van der Waals surface area contributed by atoms with Gasteiger partial charge in [-0.1, -0.05) is 48.5 Å². The first-order chi connectivity index (χ1) is 16.5. The number of carboxylic acid groups (broad SMARTS) is 1. The van der Waals surface area contributed by atoms with Crippen LogP contribution in [0.25, 0.3) is 11.1 Å². The van der Waals surface area contributed by atoms with Crippen LogP contribution < -0.4 is 5.32 Å². The molecule has 1 aliphatic heterocycles. The van der Waals surface area contributed by atoms with Crippen LogP contribution in [0, 0.1) is 0 Å². The normalized spacial score (nSPS) is 17.1. The van der Waals surface area contributed by atoms with Crippen LogP contribution in [0.15, 0.2) is 48.5 Å². The third-order valence-electron chi connectivity index (χ3n) is 6.39. The fourth-order valence-electron chi connectivity index (χ4n) is 4.74. The predicted molar refractivity (Wildman–Crippen MR) is 125 cm³/mol. The number of rotatable bonds is 9. The highest BCUT2D eigenvalue weighted by Crippen LogP contribution is 2.44. The Morgan fingerprint density at radius 1 is 1.03 bits per heavy atom. The zero-order valence-electron chi connectivity index (χ0n) is 19.1. The molecule has 1 aliphatic carbocycles.